The molecule has 7 rings (SSSR count). The molecule has 4 aliphatic rings. The number of rotatable bonds is 13. The summed E-state index contributed by atoms with van der Waals surface area (Å²) in [5.74, 6) is 0.417. The predicted octanol–water partition coefficient (Wildman–Crippen LogP) is 9.03. The fraction of sp³-hybridized carbons (Fsp3) is 0.561. The Kier molecular flexibility index (Phi) is 11.6. The summed E-state index contributed by atoms with van der Waals surface area (Å²) in [6, 6.07) is 31.2. The summed E-state index contributed by atoms with van der Waals surface area (Å²) >= 11 is 0. The fourth-order valence-corrected chi connectivity index (χ4v) is 8.64. The summed E-state index contributed by atoms with van der Waals surface area (Å²) < 4.78 is 42.5. The molecular formula is C41H53BO6. The summed E-state index contributed by atoms with van der Waals surface area (Å²) in [6.45, 7) is 3.55. The topological polar surface area (TPSA) is 55.4 Å². The van der Waals surface area contributed by atoms with Gasteiger partial charge >= 0.3 is 6.92 Å². The van der Waals surface area contributed by atoms with Crippen LogP contribution in [0.1, 0.15) is 101 Å². The highest BCUT2D eigenvalue weighted by molar-refractivity contribution is 6.57. The molecule has 7 heteroatoms. The SMILES string of the molecule is CCCCCC[C@@]1(B2OC3CCCC2CCC3)O[C@@H]2COC(c3ccccc3)O[C@H]2[C@H](OCc2ccccc2)[C@@H]1OCc1ccccc1. The van der Waals surface area contributed by atoms with Crippen LogP contribution < -0.4 is 0 Å². The minimum absolute atomic E-state index is 0.0782. The van der Waals surface area contributed by atoms with Crippen LogP contribution >= 0.6 is 0 Å². The zero-order chi connectivity index (χ0) is 32.6. The normalized spacial score (nSPS) is 31.9. The zero-order valence-electron chi connectivity index (χ0n) is 28.6. The third kappa shape index (κ3) is 7.77. The maximum atomic E-state index is 7.55. The van der Waals surface area contributed by atoms with E-state index < -0.39 is 17.9 Å². The second-order valence-electron chi connectivity index (χ2n) is 14.4. The van der Waals surface area contributed by atoms with E-state index in [1.807, 2.05) is 18.2 Å². The van der Waals surface area contributed by atoms with E-state index in [-0.39, 0.29) is 31.3 Å². The number of unbranched alkanes of at least 4 members (excludes halogenated alkanes) is 3. The largest absolute Gasteiger partial charge is 0.430 e. The van der Waals surface area contributed by atoms with E-state index in [4.69, 9.17) is 28.3 Å². The molecular weight excluding hydrogens is 599 g/mol. The van der Waals surface area contributed by atoms with Crippen molar-refractivity contribution >= 4 is 6.92 Å². The van der Waals surface area contributed by atoms with Gasteiger partial charge in [-0.05, 0) is 36.2 Å². The number of hydrogen-bond acceptors (Lipinski definition) is 6. The summed E-state index contributed by atoms with van der Waals surface area (Å²) in [5, 5.41) is 0. The lowest BCUT2D eigenvalue weighted by Crippen LogP contribution is -2.74. The fourth-order valence-electron chi connectivity index (χ4n) is 8.64. The van der Waals surface area contributed by atoms with Gasteiger partial charge in [-0.3, -0.25) is 0 Å². The monoisotopic (exact) mass is 652 g/mol. The Morgan fingerprint density at radius 2 is 1.40 bits per heavy atom. The lowest BCUT2D eigenvalue weighted by molar-refractivity contribution is -0.351. The van der Waals surface area contributed by atoms with Crippen molar-refractivity contribution in [1.82, 2.24) is 0 Å². The van der Waals surface area contributed by atoms with Gasteiger partial charge in [-0.1, -0.05) is 149 Å². The summed E-state index contributed by atoms with van der Waals surface area (Å²) in [6.07, 6.45) is 10.7. The third-order valence-electron chi connectivity index (χ3n) is 11.0. The summed E-state index contributed by atoms with van der Waals surface area (Å²) in [7, 11) is 0. The molecule has 1 unspecified atom stereocenters. The first-order chi connectivity index (χ1) is 23.7. The molecule has 0 radical (unpaired) electrons. The minimum Gasteiger partial charge on any atom is -0.430 e. The molecule has 6 atom stereocenters. The van der Waals surface area contributed by atoms with Crippen molar-refractivity contribution in [2.75, 3.05) is 6.61 Å². The van der Waals surface area contributed by atoms with Crippen LogP contribution in [0.4, 0.5) is 0 Å². The van der Waals surface area contributed by atoms with Crippen LogP contribution in [0.25, 0.3) is 0 Å². The van der Waals surface area contributed by atoms with E-state index in [0.717, 1.165) is 48.8 Å². The Labute approximate surface area is 287 Å². The molecule has 4 heterocycles. The van der Waals surface area contributed by atoms with E-state index in [0.29, 0.717) is 25.6 Å². The van der Waals surface area contributed by atoms with Gasteiger partial charge in [0.05, 0.1) is 19.8 Å². The van der Waals surface area contributed by atoms with Crippen LogP contribution in [0.5, 0.6) is 0 Å². The van der Waals surface area contributed by atoms with Crippen LogP contribution in [0.3, 0.4) is 0 Å². The van der Waals surface area contributed by atoms with Crippen LogP contribution in [-0.2, 0) is 41.6 Å². The number of fused-ring (bicyclic) bond motifs is 4. The second kappa shape index (κ2) is 16.5. The first kappa shape index (κ1) is 34.0. The van der Waals surface area contributed by atoms with Crippen molar-refractivity contribution in [2.45, 2.75) is 139 Å². The van der Waals surface area contributed by atoms with E-state index in [1.165, 1.54) is 38.5 Å². The molecule has 48 heavy (non-hydrogen) atoms. The van der Waals surface area contributed by atoms with Crippen molar-refractivity contribution in [3.63, 3.8) is 0 Å². The number of ether oxygens (including phenoxy) is 5. The molecule has 4 saturated heterocycles. The first-order valence-corrected chi connectivity index (χ1v) is 18.7. The third-order valence-corrected chi connectivity index (χ3v) is 11.0. The van der Waals surface area contributed by atoms with Gasteiger partial charge < -0.3 is 28.3 Å². The maximum Gasteiger partial charge on any atom is 0.332 e. The highest BCUT2D eigenvalue weighted by Gasteiger charge is 2.65. The van der Waals surface area contributed by atoms with Crippen LogP contribution in [-0.4, -0.2) is 49.5 Å². The minimum atomic E-state index is -0.699. The van der Waals surface area contributed by atoms with Crippen LogP contribution in [0.2, 0.25) is 5.82 Å². The zero-order valence-corrected chi connectivity index (χ0v) is 28.6. The van der Waals surface area contributed by atoms with Gasteiger partial charge in [0.15, 0.2) is 6.29 Å². The number of benzene rings is 3. The van der Waals surface area contributed by atoms with Gasteiger partial charge in [-0.2, -0.15) is 0 Å². The maximum absolute atomic E-state index is 7.55. The molecule has 0 amide bonds. The highest BCUT2D eigenvalue weighted by atomic mass is 16.7. The van der Waals surface area contributed by atoms with Crippen molar-refractivity contribution in [2.24, 2.45) is 0 Å². The van der Waals surface area contributed by atoms with Gasteiger partial charge in [0.1, 0.15) is 29.9 Å². The van der Waals surface area contributed by atoms with Gasteiger partial charge in [0.2, 0.25) is 0 Å². The van der Waals surface area contributed by atoms with Crippen LogP contribution in [0, 0.1) is 0 Å². The molecule has 0 aromatic heterocycles. The first-order valence-electron chi connectivity index (χ1n) is 18.7. The van der Waals surface area contributed by atoms with E-state index in [1.54, 1.807) is 0 Å². The summed E-state index contributed by atoms with van der Waals surface area (Å²) in [4.78, 5) is 0. The quantitative estimate of drug-likeness (QED) is 0.136. The highest BCUT2D eigenvalue weighted by Crippen LogP contribution is 2.50. The molecule has 0 saturated carbocycles. The smallest absolute Gasteiger partial charge is 0.332 e. The molecule has 2 bridgehead atoms. The Balaban J connectivity index is 1.30. The molecule has 4 fully saturated rings. The van der Waals surface area contributed by atoms with E-state index in [9.17, 15) is 0 Å². The molecule has 0 N–H and O–H groups in total. The number of hydrogen-bond donors (Lipinski definition) is 0. The Hall–Kier alpha value is -2.52. The second-order valence-corrected chi connectivity index (χ2v) is 14.4. The molecule has 3 aromatic carbocycles. The van der Waals surface area contributed by atoms with Crippen molar-refractivity contribution in [1.29, 1.82) is 0 Å². The Bertz CT molecular complexity index is 1370. The molecule has 256 valence electrons. The van der Waals surface area contributed by atoms with E-state index in [2.05, 4.69) is 79.7 Å². The standard InChI is InChI=1S/C41H53BO6/c1-2-3-4-14-27-41(42-34-23-15-25-35(48-42)26-16-24-34)39(44-29-32-19-10-6-11-20-32)38(43-28-31-17-8-5-9-18-31)37-36(47-41)30-45-40(46-37)33-21-12-7-13-22-33/h5-13,17-22,34-40H,2-4,14-16,23-30H2,1H3/t34?,35?,36-,37-,38+,39+,40?,41-/m1/s1. The lowest BCUT2D eigenvalue weighted by Gasteiger charge is -2.57. The predicted molar refractivity (Wildman–Crippen MR) is 188 cm³/mol. The Morgan fingerprint density at radius 1 is 0.750 bits per heavy atom. The molecule has 3 aromatic rings. The lowest BCUT2D eigenvalue weighted by atomic mass is 9.39. The van der Waals surface area contributed by atoms with Gasteiger partial charge in [-0.15, -0.1) is 0 Å². The summed E-state index contributed by atoms with van der Waals surface area (Å²) in [5.41, 5.74) is 2.56. The van der Waals surface area contributed by atoms with Crippen molar-refractivity contribution in [3.8, 4) is 0 Å². The molecule has 4 aliphatic heterocycles. The average molecular weight is 653 g/mol. The molecule has 0 aliphatic carbocycles. The van der Waals surface area contributed by atoms with Crippen LogP contribution in [0.15, 0.2) is 91.0 Å². The van der Waals surface area contributed by atoms with Crippen molar-refractivity contribution < 1.29 is 28.3 Å². The average Bonchev–Trinajstić information content (AvgIpc) is 3.47. The van der Waals surface area contributed by atoms with Crippen molar-refractivity contribution in [3.05, 3.63) is 108 Å². The molecule has 6 nitrogen and oxygen atoms in total. The molecule has 0 spiro atoms. The Morgan fingerprint density at radius 3 is 2.06 bits per heavy atom. The van der Waals surface area contributed by atoms with Gasteiger partial charge in [0, 0.05) is 11.7 Å². The van der Waals surface area contributed by atoms with Gasteiger partial charge in [0.25, 0.3) is 0 Å². The van der Waals surface area contributed by atoms with Gasteiger partial charge in [-0.25, -0.2) is 0 Å². The van der Waals surface area contributed by atoms with E-state index >= 15 is 0 Å².